The first kappa shape index (κ1) is 10.8. The molecule has 5 heteroatoms. The number of carbonyl (C=O) groups is 1. The molecule has 1 heterocycles. The molecule has 0 unspecified atom stereocenters. The van der Waals surface area contributed by atoms with E-state index in [1.165, 1.54) is 0 Å². The van der Waals surface area contributed by atoms with Crippen LogP contribution in [0, 0.1) is 0 Å². The van der Waals surface area contributed by atoms with Gasteiger partial charge in [-0.3, -0.25) is 0 Å². The third-order valence-electron chi connectivity index (χ3n) is 2.23. The van der Waals surface area contributed by atoms with Crippen LogP contribution in [0.15, 0.2) is 5.16 Å². The SMILES string of the molecule is CCOC(=O)N1CCCC(=NO)CC1. The number of amides is 1. The van der Waals surface area contributed by atoms with E-state index >= 15 is 0 Å². The maximum Gasteiger partial charge on any atom is 0.409 e. The van der Waals surface area contributed by atoms with E-state index in [1.54, 1.807) is 11.8 Å². The van der Waals surface area contributed by atoms with Crippen molar-refractivity contribution >= 4 is 11.8 Å². The molecule has 0 aromatic rings. The van der Waals surface area contributed by atoms with Gasteiger partial charge in [0.05, 0.1) is 12.3 Å². The lowest BCUT2D eigenvalue weighted by Crippen LogP contribution is -2.32. The Labute approximate surface area is 83.3 Å². The number of oxime groups is 1. The molecular weight excluding hydrogens is 184 g/mol. The standard InChI is InChI=1S/C9H16N2O3/c1-2-14-9(12)11-6-3-4-8(10-13)5-7-11/h13H,2-7H2,1H3. The van der Waals surface area contributed by atoms with E-state index in [-0.39, 0.29) is 6.09 Å². The summed E-state index contributed by atoms with van der Waals surface area (Å²) in [5.41, 5.74) is 0.761. The van der Waals surface area contributed by atoms with Crippen LogP contribution in [0.4, 0.5) is 4.79 Å². The van der Waals surface area contributed by atoms with Crippen molar-refractivity contribution < 1.29 is 14.7 Å². The number of rotatable bonds is 1. The van der Waals surface area contributed by atoms with Crippen LogP contribution in [0.25, 0.3) is 0 Å². The van der Waals surface area contributed by atoms with Gasteiger partial charge < -0.3 is 14.8 Å². The van der Waals surface area contributed by atoms with Crippen LogP contribution in [-0.2, 0) is 4.74 Å². The monoisotopic (exact) mass is 200 g/mol. The minimum absolute atomic E-state index is 0.272. The van der Waals surface area contributed by atoms with Crippen molar-refractivity contribution in [3.8, 4) is 0 Å². The summed E-state index contributed by atoms with van der Waals surface area (Å²) in [4.78, 5) is 13.0. The average Bonchev–Trinajstić information content (AvgIpc) is 2.42. The fraction of sp³-hybridized carbons (Fsp3) is 0.778. The molecular formula is C9H16N2O3. The average molecular weight is 200 g/mol. The lowest BCUT2D eigenvalue weighted by molar-refractivity contribution is 0.109. The smallest absolute Gasteiger partial charge is 0.409 e. The van der Waals surface area contributed by atoms with Crippen molar-refractivity contribution in [2.45, 2.75) is 26.2 Å². The summed E-state index contributed by atoms with van der Waals surface area (Å²) in [6, 6.07) is 0. The maximum absolute atomic E-state index is 11.3. The Balaban J connectivity index is 2.45. The Hall–Kier alpha value is -1.26. The van der Waals surface area contributed by atoms with Gasteiger partial charge in [0.1, 0.15) is 0 Å². The van der Waals surface area contributed by atoms with Crippen molar-refractivity contribution in [2.75, 3.05) is 19.7 Å². The number of nitrogens with zero attached hydrogens (tertiary/aromatic N) is 2. The van der Waals surface area contributed by atoms with E-state index in [0.29, 0.717) is 26.1 Å². The topological polar surface area (TPSA) is 62.1 Å². The Morgan fingerprint density at radius 1 is 1.57 bits per heavy atom. The maximum atomic E-state index is 11.3. The summed E-state index contributed by atoms with van der Waals surface area (Å²) in [6.45, 7) is 3.45. The Kier molecular flexibility index (Phi) is 4.22. The predicted molar refractivity (Wildman–Crippen MR) is 51.7 cm³/mol. The van der Waals surface area contributed by atoms with Gasteiger partial charge in [-0.2, -0.15) is 0 Å². The Morgan fingerprint density at radius 3 is 3.00 bits per heavy atom. The van der Waals surface area contributed by atoms with E-state index in [2.05, 4.69) is 5.16 Å². The molecule has 80 valence electrons. The zero-order valence-corrected chi connectivity index (χ0v) is 8.40. The summed E-state index contributed by atoms with van der Waals surface area (Å²) >= 11 is 0. The highest BCUT2D eigenvalue weighted by Gasteiger charge is 2.18. The molecule has 14 heavy (non-hydrogen) atoms. The fourth-order valence-corrected chi connectivity index (χ4v) is 1.47. The highest BCUT2D eigenvalue weighted by atomic mass is 16.6. The quantitative estimate of drug-likeness (QED) is 0.515. The lowest BCUT2D eigenvalue weighted by Gasteiger charge is -2.18. The largest absolute Gasteiger partial charge is 0.450 e. The van der Waals surface area contributed by atoms with Gasteiger partial charge in [-0.1, -0.05) is 5.16 Å². The summed E-state index contributed by atoms with van der Waals surface area (Å²) in [5, 5.41) is 11.8. The van der Waals surface area contributed by atoms with Crippen LogP contribution < -0.4 is 0 Å². The predicted octanol–water partition coefficient (Wildman–Crippen LogP) is 1.46. The van der Waals surface area contributed by atoms with Gasteiger partial charge in [-0.25, -0.2) is 4.79 Å². The molecule has 1 N–H and O–H groups in total. The molecule has 0 saturated carbocycles. The van der Waals surface area contributed by atoms with E-state index in [0.717, 1.165) is 18.6 Å². The Morgan fingerprint density at radius 2 is 2.36 bits per heavy atom. The molecule has 1 aliphatic rings. The molecule has 0 aromatic carbocycles. The number of carbonyl (C=O) groups excluding carboxylic acids is 1. The Bertz CT molecular complexity index is 228. The van der Waals surface area contributed by atoms with E-state index in [1.807, 2.05) is 0 Å². The normalized spacial score (nSPS) is 20.6. The first-order valence-corrected chi connectivity index (χ1v) is 4.89. The highest BCUT2D eigenvalue weighted by molar-refractivity contribution is 5.84. The number of hydrogen-bond donors (Lipinski definition) is 1. The van der Waals surface area contributed by atoms with E-state index in [4.69, 9.17) is 9.94 Å². The van der Waals surface area contributed by atoms with Gasteiger partial charge in [0.2, 0.25) is 0 Å². The van der Waals surface area contributed by atoms with Gasteiger partial charge in [0, 0.05) is 19.5 Å². The van der Waals surface area contributed by atoms with Crippen LogP contribution in [0.5, 0.6) is 0 Å². The number of hydrogen-bond acceptors (Lipinski definition) is 4. The molecule has 0 atom stereocenters. The summed E-state index contributed by atoms with van der Waals surface area (Å²) in [7, 11) is 0. The molecule has 1 aliphatic heterocycles. The van der Waals surface area contributed by atoms with Crippen LogP contribution in [0.3, 0.4) is 0 Å². The minimum Gasteiger partial charge on any atom is -0.450 e. The molecule has 0 radical (unpaired) electrons. The van der Waals surface area contributed by atoms with E-state index < -0.39 is 0 Å². The van der Waals surface area contributed by atoms with Crippen molar-refractivity contribution in [2.24, 2.45) is 5.16 Å². The molecule has 0 aromatic heterocycles. The fourth-order valence-electron chi connectivity index (χ4n) is 1.47. The van der Waals surface area contributed by atoms with Gasteiger partial charge in [-0.15, -0.1) is 0 Å². The van der Waals surface area contributed by atoms with Crippen LogP contribution in [-0.4, -0.2) is 41.6 Å². The van der Waals surface area contributed by atoms with Crippen molar-refractivity contribution in [1.82, 2.24) is 4.90 Å². The second-order valence-electron chi connectivity index (χ2n) is 3.21. The lowest BCUT2D eigenvalue weighted by atomic mass is 10.2. The van der Waals surface area contributed by atoms with E-state index in [9.17, 15) is 4.79 Å². The van der Waals surface area contributed by atoms with Gasteiger partial charge in [0.15, 0.2) is 0 Å². The zero-order chi connectivity index (χ0) is 10.4. The highest BCUT2D eigenvalue weighted by Crippen LogP contribution is 2.09. The molecule has 1 fully saturated rings. The molecule has 5 nitrogen and oxygen atoms in total. The number of ether oxygens (including phenoxy) is 1. The van der Waals surface area contributed by atoms with Crippen molar-refractivity contribution in [3.63, 3.8) is 0 Å². The first-order chi connectivity index (χ1) is 6.77. The molecule has 0 aliphatic carbocycles. The minimum atomic E-state index is -0.272. The van der Waals surface area contributed by atoms with Crippen LogP contribution in [0.1, 0.15) is 26.2 Å². The number of likely N-dealkylation sites (tertiary alicyclic amines) is 1. The summed E-state index contributed by atoms with van der Waals surface area (Å²) in [5.74, 6) is 0. The molecule has 0 bridgehead atoms. The van der Waals surface area contributed by atoms with Crippen LogP contribution in [0.2, 0.25) is 0 Å². The molecule has 1 saturated heterocycles. The second-order valence-corrected chi connectivity index (χ2v) is 3.21. The van der Waals surface area contributed by atoms with Gasteiger partial charge >= 0.3 is 6.09 Å². The van der Waals surface area contributed by atoms with Crippen LogP contribution >= 0.6 is 0 Å². The third kappa shape index (κ3) is 2.90. The molecule has 1 amide bonds. The molecule has 0 spiro atoms. The summed E-state index contributed by atoms with van der Waals surface area (Å²) in [6.07, 6.45) is 1.95. The summed E-state index contributed by atoms with van der Waals surface area (Å²) < 4.78 is 4.89. The second kappa shape index (κ2) is 5.47. The van der Waals surface area contributed by atoms with Crippen molar-refractivity contribution in [3.05, 3.63) is 0 Å². The first-order valence-electron chi connectivity index (χ1n) is 4.89. The van der Waals surface area contributed by atoms with Gasteiger partial charge in [-0.05, 0) is 19.8 Å². The molecule has 1 rings (SSSR count). The zero-order valence-electron chi connectivity index (χ0n) is 8.40. The third-order valence-corrected chi connectivity index (χ3v) is 2.23. The van der Waals surface area contributed by atoms with Gasteiger partial charge in [0.25, 0.3) is 0 Å². The van der Waals surface area contributed by atoms with Crippen molar-refractivity contribution in [1.29, 1.82) is 0 Å².